The second-order valence-electron chi connectivity index (χ2n) is 7.49. The molecule has 164 valence electrons. The van der Waals surface area contributed by atoms with Crippen LogP contribution in [0.5, 0.6) is 0 Å². The Balaban J connectivity index is 1.59. The van der Waals surface area contributed by atoms with E-state index in [1.807, 2.05) is 35.2 Å². The lowest BCUT2D eigenvalue weighted by Crippen LogP contribution is -2.37. The SMILES string of the molecule is O=S(=O)(Cc1ncns1)c1cc(F)c(CN2CC[C@H](F)C[C@H]2c2ccccc2)cc1F. The molecule has 1 aromatic heterocycles. The molecule has 0 N–H and O–H groups in total. The molecule has 1 aliphatic rings. The molecule has 1 saturated heterocycles. The van der Waals surface area contributed by atoms with E-state index in [9.17, 15) is 21.6 Å². The molecule has 0 radical (unpaired) electrons. The Bertz CT molecular complexity index is 1140. The fourth-order valence-corrected chi connectivity index (χ4v) is 6.01. The fourth-order valence-electron chi connectivity index (χ4n) is 3.83. The van der Waals surface area contributed by atoms with Gasteiger partial charge < -0.3 is 0 Å². The van der Waals surface area contributed by atoms with E-state index in [0.717, 1.165) is 29.2 Å². The van der Waals surface area contributed by atoms with Crippen molar-refractivity contribution in [1.82, 2.24) is 14.3 Å². The molecule has 1 aliphatic heterocycles. The second-order valence-corrected chi connectivity index (χ2v) is 10.3. The topological polar surface area (TPSA) is 63.2 Å². The molecular weight excluding hydrogens is 447 g/mol. The molecule has 0 aliphatic carbocycles. The van der Waals surface area contributed by atoms with Crippen molar-refractivity contribution in [3.05, 3.63) is 76.6 Å². The lowest BCUT2D eigenvalue weighted by Gasteiger charge is -2.37. The van der Waals surface area contributed by atoms with Gasteiger partial charge >= 0.3 is 0 Å². The van der Waals surface area contributed by atoms with Crippen LogP contribution in [0.4, 0.5) is 13.2 Å². The molecule has 4 rings (SSSR count). The zero-order valence-corrected chi connectivity index (χ0v) is 18.1. The summed E-state index contributed by atoms with van der Waals surface area (Å²) in [6.07, 6.45) is 0.819. The molecule has 0 bridgehead atoms. The largest absolute Gasteiger partial charge is 0.292 e. The molecule has 2 aromatic carbocycles. The van der Waals surface area contributed by atoms with Crippen molar-refractivity contribution in [2.24, 2.45) is 0 Å². The molecule has 3 aromatic rings. The van der Waals surface area contributed by atoms with Crippen molar-refractivity contribution in [3.63, 3.8) is 0 Å². The summed E-state index contributed by atoms with van der Waals surface area (Å²) in [5.74, 6) is -2.38. The second kappa shape index (κ2) is 9.05. The molecule has 0 saturated carbocycles. The van der Waals surface area contributed by atoms with Gasteiger partial charge in [0.25, 0.3) is 0 Å². The Morgan fingerprint density at radius 1 is 1.13 bits per heavy atom. The standard InChI is InChI=1S/C21H20F3N3O2S2/c22-16-6-7-27(19(9-16)14-4-2-1-3-5-14)11-15-8-18(24)20(10-17(15)23)31(28,29)12-21-25-13-26-30-21/h1-5,8,10,13,16,19H,6-7,9,11-12H2/t16-,19-/m0/s1. The van der Waals surface area contributed by atoms with Crippen LogP contribution in [0.15, 0.2) is 53.7 Å². The van der Waals surface area contributed by atoms with Crippen LogP contribution in [0.1, 0.15) is 35.0 Å². The molecule has 10 heteroatoms. The average molecular weight is 468 g/mol. The number of alkyl halides is 1. The maximum absolute atomic E-state index is 14.8. The number of sulfone groups is 1. The zero-order valence-electron chi connectivity index (χ0n) is 16.4. The first-order valence-corrected chi connectivity index (χ1v) is 12.2. The minimum absolute atomic E-state index is 0.0330. The number of halogens is 3. The zero-order chi connectivity index (χ0) is 22.0. The van der Waals surface area contributed by atoms with Gasteiger partial charge in [-0.15, -0.1) is 0 Å². The summed E-state index contributed by atoms with van der Waals surface area (Å²) >= 11 is 0.885. The first-order chi connectivity index (χ1) is 14.8. The summed E-state index contributed by atoms with van der Waals surface area (Å²) in [6, 6.07) is 10.7. The van der Waals surface area contributed by atoms with E-state index in [2.05, 4.69) is 9.36 Å². The number of nitrogens with zero attached hydrogens (tertiary/aromatic N) is 3. The van der Waals surface area contributed by atoms with Crippen LogP contribution < -0.4 is 0 Å². The number of hydrogen-bond acceptors (Lipinski definition) is 6. The van der Waals surface area contributed by atoms with Crippen molar-refractivity contribution in [2.75, 3.05) is 6.54 Å². The highest BCUT2D eigenvalue weighted by Crippen LogP contribution is 2.34. The van der Waals surface area contributed by atoms with Gasteiger partial charge in [0.2, 0.25) is 0 Å². The fraction of sp³-hybridized carbons (Fsp3) is 0.333. The number of piperidine rings is 1. The van der Waals surface area contributed by atoms with Crippen molar-refractivity contribution in [2.45, 2.75) is 42.2 Å². The molecule has 0 spiro atoms. The molecular formula is C21H20F3N3O2S2. The molecule has 31 heavy (non-hydrogen) atoms. The monoisotopic (exact) mass is 467 g/mol. The van der Waals surface area contributed by atoms with Gasteiger partial charge in [-0.2, -0.15) is 4.37 Å². The van der Waals surface area contributed by atoms with Crippen LogP contribution in [0.2, 0.25) is 0 Å². The van der Waals surface area contributed by atoms with Crippen molar-refractivity contribution in [1.29, 1.82) is 0 Å². The van der Waals surface area contributed by atoms with Gasteiger partial charge in [-0.3, -0.25) is 4.90 Å². The van der Waals surface area contributed by atoms with Crippen molar-refractivity contribution < 1.29 is 21.6 Å². The van der Waals surface area contributed by atoms with Gasteiger partial charge in [0.15, 0.2) is 9.84 Å². The average Bonchev–Trinajstić information content (AvgIpc) is 3.24. The number of rotatable bonds is 6. The highest BCUT2D eigenvalue weighted by Gasteiger charge is 2.31. The summed E-state index contributed by atoms with van der Waals surface area (Å²) in [5, 5.41) is 0.198. The summed E-state index contributed by atoms with van der Waals surface area (Å²) in [5.41, 5.74) is 0.938. The van der Waals surface area contributed by atoms with E-state index in [1.165, 1.54) is 6.33 Å². The highest BCUT2D eigenvalue weighted by atomic mass is 32.2. The van der Waals surface area contributed by atoms with Crippen LogP contribution in [0, 0.1) is 11.6 Å². The van der Waals surface area contributed by atoms with Gasteiger partial charge in [-0.05, 0) is 42.1 Å². The van der Waals surface area contributed by atoms with Crippen LogP contribution >= 0.6 is 11.5 Å². The summed E-state index contributed by atoms with van der Waals surface area (Å²) in [4.78, 5) is 4.99. The van der Waals surface area contributed by atoms with Gasteiger partial charge in [-0.25, -0.2) is 26.6 Å². The minimum atomic E-state index is -4.12. The third kappa shape index (κ3) is 4.97. The van der Waals surface area contributed by atoms with E-state index in [4.69, 9.17) is 0 Å². The molecule has 1 fully saturated rings. The molecule has 0 amide bonds. The Hall–Kier alpha value is -2.30. The van der Waals surface area contributed by atoms with E-state index in [0.29, 0.717) is 13.0 Å². The molecule has 5 nitrogen and oxygen atoms in total. The van der Waals surface area contributed by atoms with Crippen LogP contribution in [-0.2, 0) is 22.1 Å². The normalized spacial score (nSPS) is 20.1. The first kappa shape index (κ1) is 21.9. The highest BCUT2D eigenvalue weighted by molar-refractivity contribution is 7.90. The minimum Gasteiger partial charge on any atom is -0.292 e. The lowest BCUT2D eigenvalue weighted by atomic mass is 9.93. The number of likely N-dealkylation sites (tertiary alicyclic amines) is 1. The number of benzene rings is 2. The predicted molar refractivity (Wildman–Crippen MR) is 111 cm³/mol. The summed E-state index contributed by atoms with van der Waals surface area (Å²) < 4.78 is 72.4. The van der Waals surface area contributed by atoms with E-state index in [-0.39, 0.29) is 29.6 Å². The van der Waals surface area contributed by atoms with Gasteiger partial charge in [0.1, 0.15) is 39.8 Å². The van der Waals surface area contributed by atoms with Gasteiger partial charge in [0.05, 0.1) is 0 Å². The van der Waals surface area contributed by atoms with Crippen LogP contribution in [-0.4, -0.2) is 35.4 Å². The molecule has 0 unspecified atom stereocenters. The first-order valence-electron chi connectivity index (χ1n) is 9.73. The van der Waals surface area contributed by atoms with E-state index in [1.54, 1.807) is 0 Å². The summed E-state index contributed by atoms with van der Waals surface area (Å²) in [7, 11) is -4.12. The van der Waals surface area contributed by atoms with E-state index < -0.39 is 38.3 Å². The predicted octanol–water partition coefficient (Wildman–Crippen LogP) is 4.47. The Morgan fingerprint density at radius 3 is 2.61 bits per heavy atom. The lowest BCUT2D eigenvalue weighted by molar-refractivity contribution is 0.0825. The van der Waals surface area contributed by atoms with E-state index >= 15 is 0 Å². The third-order valence-corrected chi connectivity index (χ3v) is 7.84. The molecule has 2 heterocycles. The maximum Gasteiger partial charge on any atom is 0.187 e. The quantitative estimate of drug-likeness (QED) is 0.536. The van der Waals surface area contributed by atoms with Crippen molar-refractivity contribution >= 4 is 21.4 Å². The van der Waals surface area contributed by atoms with Gasteiger partial charge in [-0.1, -0.05) is 30.3 Å². The summed E-state index contributed by atoms with van der Waals surface area (Å²) in [6.45, 7) is 0.435. The van der Waals surface area contributed by atoms with Crippen LogP contribution in [0.25, 0.3) is 0 Å². The number of aromatic nitrogens is 2. The molecule has 2 atom stereocenters. The smallest absolute Gasteiger partial charge is 0.187 e. The Labute approximate surface area is 182 Å². The Kier molecular flexibility index (Phi) is 6.40. The van der Waals surface area contributed by atoms with Crippen molar-refractivity contribution in [3.8, 4) is 0 Å². The number of hydrogen-bond donors (Lipinski definition) is 0. The third-order valence-electron chi connectivity index (χ3n) is 5.36. The van der Waals surface area contributed by atoms with Gasteiger partial charge in [0, 0.05) is 24.7 Å². The maximum atomic E-state index is 14.8. The van der Waals surface area contributed by atoms with Crippen LogP contribution in [0.3, 0.4) is 0 Å². The Morgan fingerprint density at radius 2 is 1.90 bits per heavy atom.